The van der Waals surface area contributed by atoms with E-state index in [9.17, 15) is 4.79 Å². The maximum absolute atomic E-state index is 13.0. The van der Waals surface area contributed by atoms with Crippen molar-refractivity contribution in [1.82, 2.24) is 19.8 Å². The fourth-order valence-electron chi connectivity index (χ4n) is 4.29. The van der Waals surface area contributed by atoms with Crippen LogP contribution in [0.4, 0.5) is 11.8 Å². The summed E-state index contributed by atoms with van der Waals surface area (Å²) in [4.78, 5) is 26.4. The van der Waals surface area contributed by atoms with Gasteiger partial charge in [-0.2, -0.15) is 4.98 Å². The number of carbonyl (C=O) groups excluding carboxylic acids is 1. The molecule has 2 N–H and O–H groups in total. The van der Waals surface area contributed by atoms with E-state index in [0.717, 1.165) is 24.3 Å². The van der Waals surface area contributed by atoms with E-state index in [1.807, 2.05) is 31.1 Å². The molecule has 2 aromatic carbocycles. The Balaban J connectivity index is 1.62. The summed E-state index contributed by atoms with van der Waals surface area (Å²) in [5, 5.41) is 6.87. The van der Waals surface area contributed by atoms with Gasteiger partial charge >= 0.3 is 0 Å². The zero-order valence-corrected chi connectivity index (χ0v) is 20.3. The van der Waals surface area contributed by atoms with Gasteiger partial charge in [0.1, 0.15) is 11.5 Å². The number of amides is 1. The molecule has 1 amide bonds. The Hall–Kier alpha value is -3.45. The van der Waals surface area contributed by atoms with Gasteiger partial charge in [0.05, 0.1) is 6.54 Å². The second kappa shape index (κ2) is 11.1. The zero-order chi connectivity index (χ0) is 23.9. The van der Waals surface area contributed by atoms with E-state index in [-0.39, 0.29) is 11.8 Å². The highest BCUT2D eigenvalue weighted by Gasteiger charge is 2.32. The molecule has 178 valence electrons. The molecule has 0 fully saturated rings. The normalized spacial score (nSPS) is 13.0. The van der Waals surface area contributed by atoms with E-state index in [1.54, 1.807) is 0 Å². The van der Waals surface area contributed by atoms with Crippen molar-refractivity contribution in [2.24, 2.45) is 0 Å². The summed E-state index contributed by atoms with van der Waals surface area (Å²) in [6, 6.07) is 21.0. The monoisotopic (exact) mass is 458 g/mol. The molecular weight excluding hydrogens is 424 g/mol. The molecule has 1 aromatic heterocycles. The summed E-state index contributed by atoms with van der Waals surface area (Å²) in [5.74, 6) is 1.37. The van der Waals surface area contributed by atoms with Gasteiger partial charge in [0, 0.05) is 37.7 Å². The zero-order valence-electron chi connectivity index (χ0n) is 20.3. The Morgan fingerprint density at radius 2 is 1.62 bits per heavy atom. The third-order valence-electron chi connectivity index (χ3n) is 6.06. The highest BCUT2D eigenvalue weighted by atomic mass is 16.2. The largest absolute Gasteiger partial charge is 0.369 e. The SMILES string of the molecule is CCCN1Cc2c(NCC(c3ccccc3)c3ccccc3)nc(NCCN(C)C)nc2C1=O. The highest BCUT2D eigenvalue weighted by molar-refractivity contribution is 5.98. The third-order valence-corrected chi connectivity index (χ3v) is 6.06. The topological polar surface area (TPSA) is 73.4 Å². The standard InChI is InChI=1S/C27H34N6O/c1-4-16-33-19-23-24(26(33)34)30-27(28-15-17-32(2)3)31-25(23)29-18-22(20-11-7-5-8-12-20)21-13-9-6-10-14-21/h5-14,22H,4,15-19H2,1-3H3,(H2,28,29,30,31). The first-order valence-corrected chi connectivity index (χ1v) is 12.0. The lowest BCUT2D eigenvalue weighted by Gasteiger charge is -2.20. The Kier molecular flexibility index (Phi) is 7.75. The molecule has 0 saturated carbocycles. The molecule has 0 bridgehead atoms. The first-order chi connectivity index (χ1) is 16.6. The maximum atomic E-state index is 13.0. The Labute approximate surface area is 202 Å². The molecule has 7 heteroatoms. The van der Waals surface area contributed by atoms with Crippen LogP contribution in [0, 0.1) is 0 Å². The average molecular weight is 459 g/mol. The van der Waals surface area contributed by atoms with Gasteiger partial charge in [-0.05, 0) is 31.6 Å². The van der Waals surface area contributed by atoms with Crippen molar-refractivity contribution in [1.29, 1.82) is 0 Å². The summed E-state index contributed by atoms with van der Waals surface area (Å²) >= 11 is 0. The Bertz CT molecular complexity index is 1050. The second-order valence-corrected chi connectivity index (χ2v) is 8.93. The number of hydrogen-bond acceptors (Lipinski definition) is 6. The molecule has 1 aliphatic rings. The van der Waals surface area contributed by atoms with Crippen molar-refractivity contribution in [2.75, 3.05) is 50.9 Å². The van der Waals surface area contributed by atoms with Crippen molar-refractivity contribution >= 4 is 17.7 Å². The van der Waals surface area contributed by atoms with Crippen LogP contribution in [0.1, 0.15) is 46.4 Å². The van der Waals surface area contributed by atoms with Gasteiger partial charge in [-0.3, -0.25) is 4.79 Å². The molecule has 7 nitrogen and oxygen atoms in total. The van der Waals surface area contributed by atoms with Crippen molar-refractivity contribution in [3.05, 3.63) is 83.0 Å². The first kappa shape index (κ1) is 23.7. The third kappa shape index (κ3) is 5.54. The fraction of sp³-hybridized carbons (Fsp3) is 0.370. The van der Waals surface area contributed by atoms with Gasteiger partial charge in [0.15, 0.2) is 0 Å². The van der Waals surface area contributed by atoms with E-state index in [0.29, 0.717) is 37.8 Å². The van der Waals surface area contributed by atoms with Gasteiger partial charge in [0.2, 0.25) is 5.95 Å². The second-order valence-electron chi connectivity index (χ2n) is 8.93. The van der Waals surface area contributed by atoms with E-state index >= 15 is 0 Å². The van der Waals surface area contributed by atoms with E-state index in [1.165, 1.54) is 11.1 Å². The number of carbonyl (C=O) groups is 1. The number of nitrogens with zero attached hydrogens (tertiary/aromatic N) is 4. The van der Waals surface area contributed by atoms with Crippen LogP contribution in [0.2, 0.25) is 0 Å². The van der Waals surface area contributed by atoms with Crippen molar-refractivity contribution in [3.63, 3.8) is 0 Å². The summed E-state index contributed by atoms with van der Waals surface area (Å²) in [5.41, 5.74) is 3.87. The molecule has 0 atom stereocenters. The lowest BCUT2D eigenvalue weighted by Crippen LogP contribution is -2.25. The van der Waals surface area contributed by atoms with Gasteiger partial charge in [-0.25, -0.2) is 4.98 Å². The molecule has 1 aliphatic heterocycles. The quantitative estimate of drug-likeness (QED) is 0.451. The van der Waals surface area contributed by atoms with Gasteiger partial charge in [-0.1, -0.05) is 67.6 Å². The summed E-state index contributed by atoms with van der Waals surface area (Å²) in [7, 11) is 4.05. The Morgan fingerprint density at radius 1 is 0.971 bits per heavy atom. The maximum Gasteiger partial charge on any atom is 0.273 e. The minimum atomic E-state index is -0.0133. The van der Waals surface area contributed by atoms with E-state index in [2.05, 4.69) is 76.0 Å². The van der Waals surface area contributed by atoms with Gasteiger partial charge < -0.3 is 20.4 Å². The highest BCUT2D eigenvalue weighted by Crippen LogP contribution is 2.30. The minimum Gasteiger partial charge on any atom is -0.369 e. The van der Waals surface area contributed by atoms with Crippen molar-refractivity contribution < 1.29 is 4.79 Å². The number of anilines is 2. The smallest absolute Gasteiger partial charge is 0.273 e. The molecule has 4 rings (SSSR count). The van der Waals surface area contributed by atoms with Crippen LogP contribution in [-0.4, -0.2) is 65.9 Å². The summed E-state index contributed by atoms with van der Waals surface area (Å²) in [6.45, 7) is 5.56. The fourth-order valence-corrected chi connectivity index (χ4v) is 4.29. The van der Waals surface area contributed by atoms with Crippen molar-refractivity contribution in [3.8, 4) is 0 Å². The molecule has 34 heavy (non-hydrogen) atoms. The molecule has 0 unspecified atom stereocenters. The van der Waals surface area contributed by atoms with Crippen LogP contribution in [0.15, 0.2) is 60.7 Å². The number of aromatic nitrogens is 2. The Morgan fingerprint density at radius 3 is 2.21 bits per heavy atom. The number of hydrogen-bond donors (Lipinski definition) is 2. The number of rotatable bonds is 11. The number of likely N-dealkylation sites (N-methyl/N-ethyl adjacent to an activating group) is 1. The first-order valence-electron chi connectivity index (χ1n) is 12.0. The van der Waals surface area contributed by atoms with Crippen molar-refractivity contribution in [2.45, 2.75) is 25.8 Å². The number of nitrogens with one attached hydrogen (secondary N) is 2. The molecular formula is C27H34N6O. The molecule has 3 aromatic rings. The molecule has 0 spiro atoms. The lowest BCUT2D eigenvalue weighted by molar-refractivity contribution is 0.0774. The lowest BCUT2D eigenvalue weighted by atomic mass is 9.91. The van der Waals surface area contributed by atoms with Crippen LogP contribution in [-0.2, 0) is 6.54 Å². The molecule has 0 aliphatic carbocycles. The van der Waals surface area contributed by atoms with Crippen LogP contribution in [0.3, 0.4) is 0 Å². The van der Waals surface area contributed by atoms with Crippen LogP contribution < -0.4 is 10.6 Å². The van der Waals surface area contributed by atoms with Crippen LogP contribution >= 0.6 is 0 Å². The molecule has 0 radical (unpaired) electrons. The average Bonchev–Trinajstić information content (AvgIpc) is 3.16. The molecule has 0 saturated heterocycles. The van der Waals surface area contributed by atoms with Crippen LogP contribution in [0.25, 0.3) is 0 Å². The predicted octanol–water partition coefficient (Wildman–Crippen LogP) is 4.06. The number of benzene rings is 2. The van der Waals surface area contributed by atoms with Gasteiger partial charge in [0.25, 0.3) is 5.91 Å². The summed E-state index contributed by atoms with van der Waals surface area (Å²) < 4.78 is 0. The predicted molar refractivity (Wildman–Crippen MR) is 137 cm³/mol. The van der Waals surface area contributed by atoms with Crippen LogP contribution in [0.5, 0.6) is 0 Å². The van der Waals surface area contributed by atoms with E-state index < -0.39 is 0 Å². The van der Waals surface area contributed by atoms with E-state index in [4.69, 9.17) is 4.98 Å². The number of fused-ring (bicyclic) bond motifs is 1. The summed E-state index contributed by atoms with van der Waals surface area (Å²) in [6.07, 6.45) is 0.911. The molecule has 2 heterocycles. The minimum absolute atomic E-state index is 0.0133. The van der Waals surface area contributed by atoms with Gasteiger partial charge in [-0.15, -0.1) is 0 Å².